The van der Waals surface area contributed by atoms with Gasteiger partial charge in [0.2, 0.25) is 0 Å². The molecule has 1 heterocycles. The lowest BCUT2D eigenvalue weighted by atomic mass is 9.83. The van der Waals surface area contributed by atoms with Gasteiger partial charge in [0.15, 0.2) is 0 Å². The van der Waals surface area contributed by atoms with Crippen molar-refractivity contribution >= 4 is 0 Å². The van der Waals surface area contributed by atoms with E-state index in [1.807, 2.05) is 0 Å². The molecule has 0 saturated carbocycles. The predicted molar refractivity (Wildman–Crippen MR) is 47.9 cm³/mol. The minimum Gasteiger partial charge on any atom is -0.394 e. The first-order valence-electron chi connectivity index (χ1n) is 4.62. The molecule has 2 N–H and O–H groups in total. The van der Waals surface area contributed by atoms with Crippen molar-refractivity contribution < 1.29 is 10.2 Å². The second-order valence-electron chi connectivity index (χ2n) is 3.94. The van der Waals surface area contributed by atoms with Crippen LogP contribution in [-0.2, 0) is 0 Å². The van der Waals surface area contributed by atoms with Crippen LogP contribution in [-0.4, -0.2) is 48.0 Å². The van der Waals surface area contributed by atoms with Crippen LogP contribution in [0.15, 0.2) is 0 Å². The van der Waals surface area contributed by atoms with Crippen molar-refractivity contribution in [1.82, 2.24) is 4.90 Å². The minimum atomic E-state index is -0.520. The highest BCUT2D eigenvalue weighted by Crippen LogP contribution is 2.25. The molecule has 0 aliphatic carbocycles. The molecule has 1 saturated heterocycles. The average molecular weight is 173 g/mol. The zero-order chi connectivity index (χ0) is 9.14. The number of likely N-dealkylation sites (tertiary alicyclic amines) is 1. The fourth-order valence-electron chi connectivity index (χ4n) is 2.08. The molecule has 1 rings (SSSR count). The van der Waals surface area contributed by atoms with Crippen molar-refractivity contribution in [1.29, 1.82) is 0 Å². The highest BCUT2D eigenvalue weighted by atomic mass is 16.3. The lowest BCUT2D eigenvalue weighted by molar-refractivity contribution is -0.00339. The third-order valence-electron chi connectivity index (χ3n) is 2.86. The van der Waals surface area contributed by atoms with E-state index in [0.29, 0.717) is 5.92 Å². The second-order valence-corrected chi connectivity index (χ2v) is 3.94. The summed E-state index contributed by atoms with van der Waals surface area (Å²) in [5, 5.41) is 18.3. The van der Waals surface area contributed by atoms with Crippen LogP contribution in [0, 0.1) is 11.8 Å². The van der Waals surface area contributed by atoms with Gasteiger partial charge in [-0.05, 0) is 31.8 Å². The number of piperidine rings is 1. The maximum atomic E-state index is 9.47. The molecule has 0 amide bonds. The molecule has 0 spiro atoms. The van der Waals surface area contributed by atoms with E-state index < -0.39 is 6.10 Å². The Labute approximate surface area is 74.0 Å². The van der Waals surface area contributed by atoms with Crippen molar-refractivity contribution in [3.63, 3.8) is 0 Å². The molecule has 3 heteroatoms. The van der Waals surface area contributed by atoms with Gasteiger partial charge >= 0.3 is 0 Å². The van der Waals surface area contributed by atoms with Crippen molar-refractivity contribution in [2.75, 3.05) is 26.7 Å². The molecule has 0 bridgehead atoms. The Bertz CT molecular complexity index is 140. The Hall–Kier alpha value is -0.120. The van der Waals surface area contributed by atoms with E-state index in [2.05, 4.69) is 18.9 Å². The van der Waals surface area contributed by atoms with Crippen LogP contribution in [0.5, 0.6) is 0 Å². The van der Waals surface area contributed by atoms with Crippen LogP contribution in [0.2, 0.25) is 0 Å². The number of aliphatic hydroxyl groups excluding tert-OH is 2. The monoisotopic (exact) mass is 173 g/mol. The summed E-state index contributed by atoms with van der Waals surface area (Å²) in [6.07, 6.45) is 0.480. The van der Waals surface area contributed by atoms with Crippen molar-refractivity contribution in [3.8, 4) is 0 Å². The summed E-state index contributed by atoms with van der Waals surface area (Å²) in [6.45, 7) is 4.10. The van der Waals surface area contributed by atoms with Gasteiger partial charge in [0, 0.05) is 6.54 Å². The Balaban J connectivity index is 2.44. The smallest absolute Gasteiger partial charge is 0.0802 e. The Morgan fingerprint density at radius 2 is 2.25 bits per heavy atom. The minimum absolute atomic E-state index is 0.0985. The zero-order valence-electron chi connectivity index (χ0n) is 7.90. The largest absolute Gasteiger partial charge is 0.394 e. The van der Waals surface area contributed by atoms with E-state index >= 15 is 0 Å². The molecule has 12 heavy (non-hydrogen) atoms. The molecule has 1 aliphatic rings. The van der Waals surface area contributed by atoms with Crippen LogP contribution in [0.1, 0.15) is 13.3 Å². The topological polar surface area (TPSA) is 43.7 Å². The Kier molecular flexibility index (Phi) is 3.50. The normalized spacial score (nSPS) is 35.0. The van der Waals surface area contributed by atoms with Crippen molar-refractivity contribution in [3.05, 3.63) is 0 Å². The molecule has 0 radical (unpaired) electrons. The molecule has 1 fully saturated rings. The molecule has 0 aromatic rings. The maximum Gasteiger partial charge on any atom is 0.0802 e. The summed E-state index contributed by atoms with van der Waals surface area (Å²) in [5.41, 5.74) is 0. The number of rotatable bonds is 2. The average Bonchev–Trinajstić information content (AvgIpc) is 2.03. The number of aliphatic hydroxyl groups is 2. The predicted octanol–water partition coefficient (Wildman–Crippen LogP) is -0.0726. The van der Waals surface area contributed by atoms with Crippen LogP contribution in [0.3, 0.4) is 0 Å². The first-order chi connectivity index (χ1) is 5.65. The Morgan fingerprint density at radius 1 is 1.58 bits per heavy atom. The van der Waals surface area contributed by atoms with Gasteiger partial charge in [0.25, 0.3) is 0 Å². The Morgan fingerprint density at radius 3 is 2.75 bits per heavy atom. The third-order valence-corrected chi connectivity index (χ3v) is 2.86. The summed E-state index contributed by atoms with van der Waals surface area (Å²) < 4.78 is 0. The van der Waals surface area contributed by atoms with Gasteiger partial charge < -0.3 is 15.1 Å². The number of hydrogen-bond donors (Lipinski definition) is 2. The van der Waals surface area contributed by atoms with Gasteiger partial charge in [0.1, 0.15) is 0 Å². The molecule has 0 aromatic carbocycles. The van der Waals surface area contributed by atoms with E-state index in [1.54, 1.807) is 0 Å². The van der Waals surface area contributed by atoms with E-state index in [0.717, 1.165) is 19.5 Å². The summed E-state index contributed by atoms with van der Waals surface area (Å²) in [4.78, 5) is 2.27. The first-order valence-corrected chi connectivity index (χ1v) is 4.62. The van der Waals surface area contributed by atoms with E-state index in [4.69, 9.17) is 5.11 Å². The standard InChI is InChI=1S/C9H19NO2/c1-7-5-10(2)4-3-8(7)9(12)6-11/h7-9,11-12H,3-6H2,1-2H3. The number of hydrogen-bond acceptors (Lipinski definition) is 3. The van der Waals surface area contributed by atoms with Gasteiger partial charge in [-0.25, -0.2) is 0 Å². The fraction of sp³-hybridized carbons (Fsp3) is 1.00. The quantitative estimate of drug-likeness (QED) is 0.614. The first kappa shape index (κ1) is 9.96. The summed E-state index contributed by atoms with van der Waals surface area (Å²) >= 11 is 0. The van der Waals surface area contributed by atoms with Crippen LogP contribution < -0.4 is 0 Å². The molecule has 1 aliphatic heterocycles. The molecule has 3 unspecified atom stereocenters. The van der Waals surface area contributed by atoms with Crippen LogP contribution in [0.4, 0.5) is 0 Å². The van der Waals surface area contributed by atoms with Gasteiger partial charge in [-0.1, -0.05) is 6.92 Å². The second kappa shape index (κ2) is 4.21. The highest BCUT2D eigenvalue weighted by Gasteiger charge is 2.29. The van der Waals surface area contributed by atoms with Crippen LogP contribution >= 0.6 is 0 Å². The SMILES string of the molecule is CC1CN(C)CCC1C(O)CO. The van der Waals surface area contributed by atoms with Crippen molar-refractivity contribution in [2.45, 2.75) is 19.4 Å². The van der Waals surface area contributed by atoms with E-state index in [-0.39, 0.29) is 12.5 Å². The lowest BCUT2D eigenvalue weighted by Gasteiger charge is -2.36. The van der Waals surface area contributed by atoms with Gasteiger partial charge in [-0.15, -0.1) is 0 Å². The fourth-order valence-corrected chi connectivity index (χ4v) is 2.08. The van der Waals surface area contributed by atoms with E-state index in [1.165, 1.54) is 0 Å². The summed E-state index contributed by atoms with van der Waals surface area (Å²) in [6, 6.07) is 0. The highest BCUT2D eigenvalue weighted by molar-refractivity contribution is 4.80. The van der Waals surface area contributed by atoms with Gasteiger partial charge in [-0.3, -0.25) is 0 Å². The lowest BCUT2D eigenvalue weighted by Crippen LogP contribution is -2.42. The van der Waals surface area contributed by atoms with Gasteiger partial charge in [0.05, 0.1) is 12.7 Å². The molecule has 3 atom stereocenters. The van der Waals surface area contributed by atoms with Crippen molar-refractivity contribution in [2.24, 2.45) is 11.8 Å². The maximum absolute atomic E-state index is 9.47. The molecule has 3 nitrogen and oxygen atoms in total. The molecule has 0 aromatic heterocycles. The summed E-state index contributed by atoms with van der Waals surface area (Å²) in [7, 11) is 2.10. The number of nitrogens with zero attached hydrogens (tertiary/aromatic N) is 1. The van der Waals surface area contributed by atoms with Crippen LogP contribution in [0.25, 0.3) is 0 Å². The van der Waals surface area contributed by atoms with E-state index in [9.17, 15) is 5.11 Å². The molecular formula is C9H19NO2. The zero-order valence-corrected chi connectivity index (χ0v) is 7.90. The molecular weight excluding hydrogens is 154 g/mol. The van der Waals surface area contributed by atoms with Gasteiger partial charge in [-0.2, -0.15) is 0 Å². The summed E-state index contributed by atoms with van der Waals surface area (Å²) in [5.74, 6) is 0.775. The third kappa shape index (κ3) is 2.19. The molecule has 72 valence electrons.